The maximum Gasteiger partial charge on any atom is 0.324 e. The van der Waals surface area contributed by atoms with Crippen molar-refractivity contribution < 1.29 is 4.79 Å². The first-order chi connectivity index (χ1) is 17.1. The van der Waals surface area contributed by atoms with Crippen LogP contribution in [0.1, 0.15) is 11.3 Å². The van der Waals surface area contributed by atoms with Gasteiger partial charge in [-0.2, -0.15) is 9.90 Å². The van der Waals surface area contributed by atoms with Crippen molar-refractivity contribution in [3.63, 3.8) is 0 Å². The molecule has 0 atom stereocenters. The van der Waals surface area contributed by atoms with Crippen LogP contribution in [0.25, 0.3) is 22.6 Å². The molecule has 10 heteroatoms. The SMILES string of the molecule is Cc1cc(-c2cc(NC(=O)Nc3ccc(CCn4nnc(-c5ccccc5)n4)cc3)n[nH]2)ccn1. The number of carbonyl (C=O) groups excluding carboxylic acids is 1. The van der Waals surface area contributed by atoms with E-state index in [0.29, 0.717) is 23.9 Å². The summed E-state index contributed by atoms with van der Waals surface area (Å²) in [7, 11) is 0. The first-order valence-electron chi connectivity index (χ1n) is 11.1. The molecule has 5 rings (SSSR count). The van der Waals surface area contributed by atoms with Gasteiger partial charge in [0.2, 0.25) is 5.82 Å². The monoisotopic (exact) mass is 465 g/mol. The third kappa shape index (κ3) is 5.56. The highest BCUT2D eigenvalue weighted by atomic mass is 16.2. The zero-order chi connectivity index (χ0) is 24.0. The van der Waals surface area contributed by atoms with Crippen LogP contribution in [0.2, 0.25) is 0 Å². The average Bonchev–Trinajstić information content (AvgIpc) is 3.54. The van der Waals surface area contributed by atoms with Crippen LogP contribution in [0.4, 0.5) is 16.3 Å². The average molecular weight is 466 g/mol. The zero-order valence-corrected chi connectivity index (χ0v) is 19.0. The van der Waals surface area contributed by atoms with Gasteiger partial charge in [0.15, 0.2) is 5.82 Å². The fourth-order valence-corrected chi connectivity index (χ4v) is 3.55. The first kappa shape index (κ1) is 22.0. The summed E-state index contributed by atoms with van der Waals surface area (Å²) in [6.45, 7) is 2.52. The Morgan fingerprint density at radius 1 is 0.971 bits per heavy atom. The minimum absolute atomic E-state index is 0.373. The number of amides is 2. The molecule has 0 aliphatic heterocycles. The molecule has 3 aromatic heterocycles. The smallest absolute Gasteiger partial charge is 0.308 e. The number of aromatic amines is 1. The quantitative estimate of drug-likeness (QED) is 0.329. The van der Waals surface area contributed by atoms with Crippen LogP contribution in [0.15, 0.2) is 79.0 Å². The number of pyridine rings is 1. The number of hydrogen-bond acceptors (Lipinski definition) is 6. The van der Waals surface area contributed by atoms with Crippen LogP contribution < -0.4 is 10.6 Å². The summed E-state index contributed by atoms with van der Waals surface area (Å²) in [5.41, 5.74) is 5.36. The number of tetrazole rings is 1. The van der Waals surface area contributed by atoms with E-state index < -0.39 is 0 Å². The van der Waals surface area contributed by atoms with Crippen molar-refractivity contribution in [3.05, 3.63) is 90.3 Å². The highest BCUT2D eigenvalue weighted by Gasteiger charge is 2.09. The Labute approximate surface area is 201 Å². The molecule has 3 N–H and O–H groups in total. The lowest BCUT2D eigenvalue weighted by molar-refractivity contribution is 0.262. The standard InChI is InChI=1S/C25H23N9O/c1-17-15-20(11-13-26-17)22-16-23(30-29-22)28-25(35)27-21-9-7-18(8-10-21)12-14-34-32-24(31-33-34)19-5-3-2-4-6-19/h2-11,13,15-16H,12,14H2,1H3,(H3,27,28,29,30,35). The molecule has 0 saturated carbocycles. The van der Waals surface area contributed by atoms with Crippen LogP contribution in [0, 0.1) is 6.92 Å². The van der Waals surface area contributed by atoms with Crippen molar-refractivity contribution in [1.29, 1.82) is 0 Å². The Bertz CT molecular complexity index is 1420. The fourth-order valence-electron chi connectivity index (χ4n) is 3.55. The molecule has 2 aromatic carbocycles. The van der Waals surface area contributed by atoms with Crippen LogP contribution >= 0.6 is 0 Å². The maximum absolute atomic E-state index is 12.4. The second-order valence-electron chi connectivity index (χ2n) is 7.95. The predicted molar refractivity (Wildman–Crippen MR) is 133 cm³/mol. The Balaban J connectivity index is 1.13. The van der Waals surface area contributed by atoms with Gasteiger partial charge >= 0.3 is 6.03 Å². The normalized spacial score (nSPS) is 10.8. The van der Waals surface area contributed by atoms with Gasteiger partial charge in [-0.25, -0.2) is 4.79 Å². The lowest BCUT2D eigenvalue weighted by atomic mass is 10.1. The lowest BCUT2D eigenvalue weighted by Crippen LogP contribution is -2.19. The molecular formula is C25H23N9O. The van der Waals surface area contributed by atoms with E-state index in [9.17, 15) is 4.79 Å². The van der Waals surface area contributed by atoms with E-state index in [0.717, 1.165) is 34.5 Å². The highest BCUT2D eigenvalue weighted by molar-refractivity contribution is 5.99. The summed E-state index contributed by atoms with van der Waals surface area (Å²) >= 11 is 0. The summed E-state index contributed by atoms with van der Waals surface area (Å²) in [4.78, 5) is 18.2. The Hall–Kier alpha value is -4.86. The van der Waals surface area contributed by atoms with E-state index in [2.05, 4.69) is 41.2 Å². The van der Waals surface area contributed by atoms with Crippen molar-refractivity contribution >= 4 is 17.5 Å². The van der Waals surface area contributed by atoms with E-state index in [4.69, 9.17) is 0 Å². The molecule has 3 heterocycles. The van der Waals surface area contributed by atoms with Gasteiger partial charge in [0, 0.05) is 34.8 Å². The van der Waals surface area contributed by atoms with Crippen LogP contribution in [0.3, 0.4) is 0 Å². The predicted octanol–water partition coefficient (Wildman–Crippen LogP) is 4.32. The van der Waals surface area contributed by atoms with E-state index in [1.165, 1.54) is 0 Å². The largest absolute Gasteiger partial charge is 0.324 e. The number of benzene rings is 2. The Morgan fingerprint density at radius 3 is 2.60 bits per heavy atom. The maximum atomic E-state index is 12.4. The number of carbonyl (C=O) groups is 1. The molecule has 0 unspecified atom stereocenters. The number of nitrogens with zero attached hydrogens (tertiary/aromatic N) is 6. The molecule has 0 saturated heterocycles. The molecule has 174 valence electrons. The van der Waals surface area contributed by atoms with Gasteiger partial charge in [-0.3, -0.25) is 15.4 Å². The fraction of sp³-hybridized carbons (Fsp3) is 0.120. The van der Waals surface area contributed by atoms with Crippen molar-refractivity contribution in [1.82, 2.24) is 35.4 Å². The molecule has 0 aliphatic rings. The molecule has 0 bridgehead atoms. The molecule has 0 spiro atoms. The van der Waals surface area contributed by atoms with Gasteiger partial charge in [0.25, 0.3) is 0 Å². The molecule has 35 heavy (non-hydrogen) atoms. The second-order valence-corrected chi connectivity index (χ2v) is 7.95. The summed E-state index contributed by atoms with van der Waals surface area (Å²) in [5.74, 6) is 1.04. The van der Waals surface area contributed by atoms with E-state index in [1.54, 1.807) is 17.1 Å². The van der Waals surface area contributed by atoms with Crippen LogP contribution in [0.5, 0.6) is 0 Å². The Kier molecular flexibility index (Phi) is 6.25. The van der Waals surface area contributed by atoms with Crippen molar-refractivity contribution in [2.24, 2.45) is 0 Å². The molecule has 0 radical (unpaired) electrons. The molecule has 0 fully saturated rings. The second kappa shape index (κ2) is 9.96. The van der Waals surface area contributed by atoms with Gasteiger partial charge in [-0.05, 0) is 48.4 Å². The summed E-state index contributed by atoms with van der Waals surface area (Å²) in [6, 6.07) is 22.6. The number of aromatic nitrogens is 7. The van der Waals surface area contributed by atoms with Gasteiger partial charge in [-0.1, -0.05) is 42.5 Å². The molecular weight excluding hydrogens is 442 g/mol. The number of H-pyrrole nitrogens is 1. The van der Waals surface area contributed by atoms with Crippen LogP contribution in [-0.4, -0.2) is 41.4 Å². The zero-order valence-electron chi connectivity index (χ0n) is 19.0. The van der Waals surface area contributed by atoms with Gasteiger partial charge < -0.3 is 5.32 Å². The highest BCUT2D eigenvalue weighted by Crippen LogP contribution is 2.20. The summed E-state index contributed by atoms with van der Waals surface area (Å²) in [6.07, 6.45) is 2.47. The van der Waals surface area contributed by atoms with Crippen LogP contribution in [-0.2, 0) is 13.0 Å². The molecule has 10 nitrogen and oxygen atoms in total. The number of hydrogen-bond donors (Lipinski definition) is 3. The minimum atomic E-state index is -0.373. The third-order valence-corrected chi connectivity index (χ3v) is 5.32. The number of anilines is 2. The van der Waals surface area contributed by atoms with E-state index in [-0.39, 0.29) is 6.03 Å². The van der Waals surface area contributed by atoms with Crippen molar-refractivity contribution in [2.75, 3.05) is 10.6 Å². The van der Waals surface area contributed by atoms with Gasteiger partial charge in [0.1, 0.15) is 0 Å². The number of urea groups is 1. The van der Waals surface area contributed by atoms with E-state index >= 15 is 0 Å². The van der Waals surface area contributed by atoms with Gasteiger partial charge in [0.05, 0.1) is 12.2 Å². The van der Waals surface area contributed by atoms with Crippen molar-refractivity contribution in [2.45, 2.75) is 19.9 Å². The third-order valence-electron chi connectivity index (χ3n) is 5.32. The summed E-state index contributed by atoms with van der Waals surface area (Å²) < 4.78 is 0. The van der Waals surface area contributed by atoms with Gasteiger partial charge in [-0.15, -0.1) is 10.2 Å². The summed E-state index contributed by atoms with van der Waals surface area (Å²) in [5, 5.41) is 25.3. The van der Waals surface area contributed by atoms with Crippen molar-refractivity contribution in [3.8, 4) is 22.6 Å². The topological polar surface area (TPSA) is 126 Å². The Morgan fingerprint density at radius 2 is 1.80 bits per heavy atom. The molecule has 0 aliphatic carbocycles. The number of rotatable bonds is 7. The molecule has 5 aromatic rings. The minimum Gasteiger partial charge on any atom is -0.308 e. The first-order valence-corrected chi connectivity index (χ1v) is 11.1. The molecule has 2 amide bonds. The lowest BCUT2D eigenvalue weighted by Gasteiger charge is -2.07. The number of nitrogens with one attached hydrogen (secondary N) is 3. The number of aryl methyl sites for hydroxylation is 3. The van der Waals surface area contributed by atoms with E-state index in [1.807, 2.05) is 73.7 Å².